The van der Waals surface area contributed by atoms with E-state index in [0.717, 1.165) is 6.42 Å². The van der Waals surface area contributed by atoms with Gasteiger partial charge in [-0.3, -0.25) is 0 Å². The second-order valence-electron chi connectivity index (χ2n) is 2.14. The average Bonchev–Trinajstić information content (AvgIpc) is 1.97. The first-order valence-corrected chi connectivity index (χ1v) is 3.61. The van der Waals surface area contributed by atoms with Crippen LogP contribution in [0.15, 0.2) is 0 Å². The summed E-state index contributed by atoms with van der Waals surface area (Å²) in [7, 11) is 0. The summed E-state index contributed by atoms with van der Waals surface area (Å²) < 4.78 is 9.84. The van der Waals surface area contributed by atoms with E-state index < -0.39 is 12.3 Å². The Hall–Kier alpha value is -0.610. The Morgan fingerprint density at radius 2 is 2.18 bits per heavy atom. The highest BCUT2D eigenvalue weighted by Crippen LogP contribution is 1.93. The highest BCUT2D eigenvalue weighted by Gasteiger charge is 2.03. The summed E-state index contributed by atoms with van der Waals surface area (Å²) in [6.07, 6.45) is 0.479. The summed E-state index contributed by atoms with van der Waals surface area (Å²) in [5.41, 5.74) is 0. The summed E-state index contributed by atoms with van der Waals surface area (Å²) >= 11 is 0. The number of carboxylic acid groups (broad SMARTS) is 1. The highest BCUT2D eigenvalue weighted by atomic mass is 16.7. The SMILES string of the molecule is CCCOC(C)OCC(=O)O. The summed E-state index contributed by atoms with van der Waals surface area (Å²) in [6, 6.07) is 0. The fourth-order valence-electron chi connectivity index (χ4n) is 0.521. The molecule has 0 saturated heterocycles. The number of aliphatic carboxylic acids is 1. The van der Waals surface area contributed by atoms with E-state index in [0.29, 0.717) is 6.61 Å². The maximum absolute atomic E-state index is 10.00. The fraction of sp³-hybridized carbons (Fsp3) is 0.857. The molecule has 0 aliphatic heterocycles. The minimum atomic E-state index is -0.975. The van der Waals surface area contributed by atoms with E-state index in [1.54, 1.807) is 6.92 Å². The van der Waals surface area contributed by atoms with Gasteiger partial charge in [-0.15, -0.1) is 0 Å². The maximum Gasteiger partial charge on any atom is 0.329 e. The molecule has 0 aliphatic rings. The smallest absolute Gasteiger partial charge is 0.329 e. The minimum absolute atomic E-state index is 0.301. The summed E-state index contributed by atoms with van der Waals surface area (Å²) in [6.45, 7) is 3.95. The van der Waals surface area contributed by atoms with Crippen LogP contribution in [0.4, 0.5) is 0 Å². The lowest BCUT2D eigenvalue weighted by Gasteiger charge is -2.11. The predicted octanol–water partition coefficient (Wildman–Crippen LogP) is 0.860. The van der Waals surface area contributed by atoms with Crippen molar-refractivity contribution in [3.8, 4) is 0 Å². The molecule has 1 N–H and O–H groups in total. The first-order chi connectivity index (χ1) is 5.16. The third-order valence-electron chi connectivity index (χ3n) is 0.998. The van der Waals surface area contributed by atoms with Gasteiger partial charge in [0, 0.05) is 6.61 Å². The van der Waals surface area contributed by atoms with Crippen LogP contribution in [0.2, 0.25) is 0 Å². The molecule has 0 saturated carbocycles. The predicted molar refractivity (Wildman–Crippen MR) is 39.3 cm³/mol. The van der Waals surface area contributed by atoms with Crippen LogP contribution in [0.3, 0.4) is 0 Å². The Kier molecular flexibility index (Phi) is 5.78. The molecule has 0 heterocycles. The minimum Gasteiger partial charge on any atom is -0.480 e. The van der Waals surface area contributed by atoms with E-state index in [1.165, 1.54) is 0 Å². The third-order valence-corrected chi connectivity index (χ3v) is 0.998. The van der Waals surface area contributed by atoms with Crippen LogP contribution in [0.1, 0.15) is 20.3 Å². The molecular weight excluding hydrogens is 148 g/mol. The zero-order chi connectivity index (χ0) is 8.69. The molecule has 4 heteroatoms. The zero-order valence-electron chi connectivity index (χ0n) is 6.87. The Morgan fingerprint density at radius 1 is 1.55 bits per heavy atom. The van der Waals surface area contributed by atoms with Gasteiger partial charge < -0.3 is 14.6 Å². The maximum atomic E-state index is 10.00. The summed E-state index contributed by atoms with van der Waals surface area (Å²) in [4.78, 5) is 10.00. The Labute approximate surface area is 66.1 Å². The largest absolute Gasteiger partial charge is 0.480 e. The Balaban J connectivity index is 3.22. The molecule has 1 unspecified atom stereocenters. The number of hydrogen-bond donors (Lipinski definition) is 1. The molecule has 0 spiro atoms. The van der Waals surface area contributed by atoms with Gasteiger partial charge in [0.15, 0.2) is 6.29 Å². The van der Waals surface area contributed by atoms with E-state index in [1.807, 2.05) is 6.92 Å². The van der Waals surface area contributed by atoms with Crippen molar-refractivity contribution in [3.05, 3.63) is 0 Å². The van der Waals surface area contributed by atoms with E-state index >= 15 is 0 Å². The average molecular weight is 162 g/mol. The van der Waals surface area contributed by atoms with Crippen molar-refractivity contribution < 1.29 is 19.4 Å². The van der Waals surface area contributed by atoms with Crippen LogP contribution in [-0.4, -0.2) is 30.6 Å². The van der Waals surface area contributed by atoms with Gasteiger partial charge in [0.05, 0.1) is 0 Å². The lowest BCUT2D eigenvalue weighted by atomic mass is 10.5. The molecule has 0 amide bonds. The van der Waals surface area contributed by atoms with E-state index in [-0.39, 0.29) is 6.61 Å². The van der Waals surface area contributed by atoms with Crippen molar-refractivity contribution >= 4 is 5.97 Å². The topological polar surface area (TPSA) is 55.8 Å². The van der Waals surface area contributed by atoms with Gasteiger partial charge in [-0.25, -0.2) is 4.79 Å². The van der Waals surface area contributed by atoms with Gasteiger partial charge in [-0.05, 0) is 13.3 Å². The normalized spacial score (nSPS) is 12.9. The first-order valence-electron chi connectivity index (χ1n) is 3.61. The van der Waals surface area contributed by atoms with E-state index in [2.05, 4.69) is 0 Å². The van der Waals surface area contributed by atoms with E-state index in [4.69, 9.17) is 14.6 Å². The summed E-state index contributed by atoms with van der Waals surface area (Å²) in [5.74, 6) is -0.975. The lowest BCUT2D eigenvalue weighted by Crippen LogP contribution is -2.18. The molecule has 11 heavy (non-hydrogen) atoms. The molecule has 0 bridgehead atoms. The molecule has 0 aromatic carbocycles. The van der Waals surface area contributed by atoms with Crippen LogP contribution in [0.5, 0.6) is 0 Å². The van der Waals surface area contributed by atoms with Crippen molar-refractivity contribution in [2.45, 2.75) is 26.6 Å². The number of hydrogen-bond acceptors (Lipinski definition) is 3. The van der Waals surface area contributed by atoms with Crippen molar-refractivity contribution in [1.29, 1.82) is 0 Å². The molecule has 4 nitrogen and oxygen atoms in total. The first kappa shape index (κ1) is 10.4. The van der Waals surface area contributed by atoms with Crippen molar-refractivity contribution in [3.63, 3.8) is 0 Å². The summed E-state index contributed by atoms with van der Waals surface area (Å²) in [5, 5.41) is 8.21. The second-order valence-corrected chi connectivity index (χ2v) is 2.14. The van der Waals surface area contributed by atoms with Gasteiger partial charge in [0.2, 0.25) is 0 Å². The van der Waals surface area contributed by atoms with Crippen LogP contribution >= 0.6 is 0 Å². The third kappa shape index (κ3) is 7.29. The highest BCUT2D eigenvalue weighted by molar-refractivity contribution is 5.67. The molecule has 0 radical (unpaired) electrons. The van der Waals surface area contributed by atoms with Crippen LogP contribution in [0.25, 0.3) is 0 Å². The molecule has 0 aromatic rings. The van der Waals surface area contributed by atoms with Crippen molar-refractivity contribution in [1.82, 2.24) is 0 Å². The molecule has 0 fully saturated rings. The van der Waals surface area contributed by atoms with Crippen molar-refractivity contribution in [2.24, 2.45) is 0 Å². The molecule has 0 aliphatic carbocycles. The van der Waals surface area contributed by atoms with Crippen LogP contribution in [-0.2, 0) is 14.3 Å². The monoisotopic (exact) mass is 162 g/mol. The zero-order valence-corrected chi connectivity index (χ0v) is 6.87. The quantitative estimate of drug-likeness (QED) is 0.588. The fourth-order valence-corrected chi connectivity index (χ4v) is 0.521. The standard InChI is InChI=1S/C7H14O4/c1-3-4-10-6(2)11-5-7(8)9/h6H,3-5H2,1-2H3,(H,8,9). The van der Waals surface area contributed by atoms with Gasteiger partial charge in [-0.2, -0.15) is 0 Å². The van der Waals surface area contributed by atoms with Crippen LogP contribution < -0.4 is 0 Å². The van der Waals surface area contributed by atoms with Gasteiger partial charge >= 0.3 is 5.97 Å². The van der Waals surface area contributed by atoms with Crippen molar-refractivity contribution in [2.75, 3.05) is 13.2 Å². The number of carbonyl (C=O) groups is 1. The lowest BCUT2D eigenvalue weighted by molar-refractivity contribution is -0.163. The number of rotatable bonds is 6. The van der Waals surface area contributed by atoms with E-state index in [9.17, 15) is 4.79 Å². The van der Waals surface area contributed by atoms with Gasteiger partial charge in [-0.1, -0.05) is 6.92 Å². The molecule has 66 valence electrons. The number of ether oxygens (including phenoxy) is 2. The van der Waals surface area contributed by atoms with Crippen LogP contribution in [0, 0.1) is 0 Å². The Bertz CT molecular complexity index is 113. The number of carboxylic acids is 1. The molecule has 0 aromatic heterocycles. The molecule has 1 atom stereocenters. The van der Waals surface area contributed by atoms with Gasteiger partial charge in [0.1, 0.15) is 6.61 Å². The second kappa shape index (κ2) is 6.12. The van der Waals surface area contributed by atoms with Gasteiger partial charge in [0.25, 0.3) is 0 Å². The molecular formula is C7H14O4. The Morgan fingerprint density at radius 3 is 2.64 bits per heavy atom. The molecule has 0 rings (SSSR count).